The second-order valence-electron chi connectivity index (χ2n) is 2.58. The normalized spacial score (nSPS) is 12.1. The predicted octanol–water partition coefficient (Wildman–Crippen LogP) is -1.07. The standard InChI is InChI=1S/C7H13BN2O2/c8-7(12)6(9)3-1-2-4-10-5-11/h5-6H,1-4,9H2,(H,10,11)/t6-/m0/s1. The van der Waals surface area contributed by atoms with Crippen molar-refractivity contribution in [2.24, 2.45) is 5.73 Å². The summed E-state index contributed by atoms with van der Waals surface area (Å²) in [5.41, 5.74) is 4.89. The summed E-state index contributed by atoms with van der Waals surface area (Å²) in [6.07, 6.45) is 2.84. The van der Waals surface area contributed by atoms with Crippen molar-refractivity contribution in [1.29, 1.82) is 0 Å². The van der Waals surface area contributed by atoms with Gasteiger partial charge in [0, 0.05) is 6.54 Å². The Morgan fingerprint density at radius 3 is 2.75 bits per heavy atom. The van der Waals surface area contributed by atoms with Gasteiger partial charge in [-0.2, -0.15) is 0 Å². The van der Waals surface area contributed by atoms with E-state index in [-0.39, 0.29) is 0 Å². The third kappa shape index (κ3) is 5.91. The van der Waals surface area contributed by atoms with E-state index in [9.17, 15) is 9.59 Å². The van der Waals surface area contributed by atoms with Crippen molar-refractivity contribution in [3.8, 4) is 0 Å². The molecule has 1 amide bonds. The average molecular weight is 168 g/mol. The Kier molecular flexibility index (Phi) is 6.37. The minimum absolute atomic E-state index is 0.474. The summed E-state index contributed by atoms with van der Waals surface area (Å²) in [5, 5.41) is 2.51. The van der Waals surface area contributed by atoms with E-state index in [2.05, 4.69) is 5.32 Å². The van der Waals surface area contributed by atoms with Crippen molar-refractivity contribution in [2.45, 2.75) is 25.3 Å². The Balaban J connectivity index is 3.19. The second-order valence-corrected chi connectivity index (χ2v) is 2.58. The van der Waals surface area contributed by atoms with Crippen molar-refractivity contribution in [1.82, 2.24) is 5.32 Å². The molecule has 0 aliphatic rings. The van der Waals surface area contributed by atoms with E-state index in [0.29, 0.717) is 19.4 Å². The van der Waals surface area contributed by atoms with E-state index in [0.717, 1.165) is 12.8 Å². The number of rotatable bonds is 7. The number of nitrogens with two attached hydrogens (primary N) is 1. The van der Waals surface area contributed by atoms with Crippen molar-refractivity contribution < 1.29 is 9.59 Å². The third-order valence-corrected chi connectivity index (χ3v) is 1.54. The van der Waals surface area contributed by atoms with E-state index >= 15 is 0 Å². The van der Waals surface area contributed by atoms with Crippen LogP contribution in [0, 0.1) is 0 Å². The molecule has 0 saturated heterocycles. The van der Waals surface area contributed by atoms with Crippen LogP contribution in [0.2, 0.25) is 0 Å². The van der Waals surface area contributed by atoms with Gasteiger partial charge in [0.1, 0.15) is 0 Å². The van der Waals surface area contributed by atoms with Gasteiger partial charge in [0.25, 0.3) is 0 Å². The summed E-state index contributed by atoms with van der Waals surface area (Å²) in [6.45, 7) is 0.620. The molecule has 3 N–H and O–H groups in total. The van der Waals surface area contributed by atoms with Gasteiger partial charge in [-0.15, -0.1) is 0 Å². The first-order valence-electron chi connectivity index (χ1n) is 3.90. The maximum absolute atomic E-state index is 10.4. The molecule has 2 radical (unpaired) electrons. The van der Waals surface area contributed by atoms with Gasteiger partial charge >= 0.3 is 0 Å². The van der Waals surface area contributed by atoms with Gasteiger partial charge in [0.15, 0.2) is 7.85 Å². The topological polar surface area (TPSA) is 72.2 Å². The largest absolute Gasteiger partial charge is 0.359 e. The van der Waals surface area contributed by atoms with Crippen LogP contribution in [-0.2, 0) is 9.59 Å². The molecule has 0 aromatic heterocycles. The lowest BCUT2D eigenvalue weighted by atomic mass is 9.92. The molecule has 12 heavy (non-hydrogen) atoms. The van der Waals surface area contributed by atoms with Gasteiger partial charge in [-0.25, -0.2) is 0 Å². The number of hydrogen-bond donors (Lipinski definition) is 2. The number of amides is 1. The maximum Gasteiger partial charge on any atom is 0.207 e. The highest BCUT2D eigenvalue weighted by Gasteiger charge is 2.05. The highest BCUT2D eigenvalue weighted by Crippen LogP contribution is 1.97. The summed E-state index contributed by atoms with van der Waals surface area (Å²) < 4.78 is 0. The van der Waals surface area contributed by atoms with Crippen LogP contribution in [0.25, 0.3) is 0 Å². The Morgan fingerprint density at radius 1 is 1.58 bits per heavy atom. The first-order chi connectivity index (χ1) is 5.68. The van der Waals surface area contributed by atoms with Gasteiger partial charge in [0.2, 0.25) is 6.41 Å². The van der Waals surface area contributed by atoms with Gasteiger partial charge in [-0.3, -0.25) is 4.79 Å². The minimum Gasteiger partial charge on any atom is -0.359 e. The molecule has 0 unspecified atom stereocenters. The van der Waals surface area contributed by atoms with E-state index in [1.165, 1.54) is 0 Å². The monoisotopic (exact) mass is 168 g/mol. The lowest BCUT2D eigenvalue weighted by molar-refractivity contribution is -0.113. The fourth-order valence-electron chi connectivity index (χ4n) is 0.792. The van der Waals surface area contributed by atoms with Crippen molar-refractivity contribution >= 4 is 19.9 Å². The van der Waals surface area contributed by atoms with Crippen LogP contribution in [0.1, 0.15) is 19.3 Å². The molecule has 0 spiro atoms. The smallest absolute Gasteiger partial charge is 0.207 e. The fraction of sp³-hybridized carbons (Fsp3) is 0.714. The lowest BCUT2D eigenvalue weighted by Gasteiger charge is -2.06. The lowest BCUT2D eigenvalue weighted by Crippen LogP contribution is -2.30. The third-order valence-electron chi connectivity index (χ3n) is 1.54. The predicted molar refractivity (Wildman–Crippen MR) is 46.7 cm³/mol. The van der Waals surface area contributed by atoms with E-state index < -0.39 is 11.7 Å². The minimum atomic E-state index is -0.554. The van der Waals surface area contributed by atoms with Gasteiger partial charge in [-0.1, -0.05) is 0 Å². The van der Waals surface area contributed by atoms with E-state index in [1.807, 2.05) is 0 Å². The summed E-state index contributed by atoms with van der Waals surface area (Å²) in [4.78, 5) is 20.2. The van der Waals surface area contributed by atoms with Crippen LogP contribution in [0.5, 0.6) is 0 Å². The molecule has 0 saturated carbocycles. The molecule has 0 bridgehead atoms. The molecule has 0 heterocycles. The molecule has 1 atom stereocenters. The van der Waals surface area contributed by atoms with Crippen molar-refractivity contribution in [2.75, 3.05) is 6.54 Å². The van der Waals surface area contributed by atoms with E-state index in [4.69, 9.17) is 13.6 Å². The molecular weight excluding hydrogens is 155 g/mol. The van der Waals surface area contributed by atoms with Crippen molar-refractivity contribution in [3.63, 3.8) is 0 Å². The molecule has 0 fully saturated rings. The van der Waals surface area contributed by atoms with Crippen LogP contribution in [0.3, 0.4) is 0 Å². The van der Waals surface area contributed by atoms with Crippen LogP contribution in [-0.4, -0.2) is 32.5 Å². The quantitative estimate of drug-likeness (QED) is 0.288. The highest BCUT2D eigenvalue weighted by molar-refractivity contribution is 6.59. The Labute approximate surface area is 73.3 Å². The molecular formula is C7H13BN2O2. The van der Waals surface area contributed by atoms with Gasteiger partial charge in [-0.05, 0) is 19.3 Å². The molecule has 0 aliphatic carbocycles. The Hall–Kier alpha value is -0.835. The first-order valence-corrected chi connectivity index (χ1v) is 3.90. The zero-order valence-electron chi connectivity index (χ0n) is 6.95. The molecule has 0 aromatic rings. The number of hydrogen-bond acceptors (Lipinski definition) is 3. The molecule has 5 heteroatoms. The van der Waals surface area contributed by atoms with Crippen LogP contribution in [0.15, 0.2) is 0 Å². The molecule has 66 valence electrons. The maximum atomic E-state index is 10.4. The zero-order chi connectivity index (χ0) is 9.40. The molecule has 0 rings (SSSR count). The number of nitrogens with one attached hydrogen (secondary N) is 1. The van der Waals surface area contributed by atoms with E-state index in [1.54, 1.807) is 0 Å². The summed E-state index contributed by atoms with van der Waals surface area (Å²) in [5.74, 6) is 0. The summed E-state index contributed by atoms with van der Waals surface area (Å²) >= 11 is 0. The molecule has 4 nitrogen and oxygen atoms in total. The highest BCUT2D eigenvalue weighted by atomic mass is 16.1. The second kappa shape index (κ2) is 6.85. The van der Waals surface area contributed by atoms with Gasteiger partial charge in [0.05, 0.1) is 11.7 Å². The average Bonchev–Trinajstić information content (AvgIpc) is 2.03. The number of carbonyl (C=O) groups excluding carboxylic acids is 2. The van der Waals surface area contributed by atoms with Crippen LogP contribution in [0.4, 0.5) is 0 Å². The Morgan fingerprint density at radius 2 is 2.25 bits per heavy atom. The molecule has 0 aromatic carbocycles. The SMILES string of the molecule is [B]C(=O)[C@@H](N)CCCCNC=O. The Bertz CT molecular complexity index is 152. The number of unbranched alkanes of at least 4 members (excludes halogenated alkanes) is 1. The molecule has 0 aliphatic heterocycles. The van der Waals surface area contributed by atoms with Crippen LogP contribution >= 0.6 is 0 Å². The van der Waals surface area contributed by atoms with Crippen LogP contribution < -0.4 is 11.1 Å². The number of carbonyl (C=O) groups is 2. The van der Waals surface area contributed by atoms with Gasteiger partial charge < -0.3 is 15.8 Å². The summed E-state index contributed by atoms with van der Waals surface area (Å²) in [6, 6.07) is -0.554. The summed E-state index contributed by atoms with van der Waals surface area (Å²) in [7, 11) is 4.94. The fourth-order valence-corrected chi connectivity index (χ4v) is 0.792. The zero-order valence-corrected chi connectivity index (χ0v) is 6.95. The van der Waals surface area contributed by atoms with Crippen molar-refractivity contribution in [3.05, 3.63) is 0 Å². The first kappa shape index (κ1) is 11.2.